The molecule has 1 atom stereocenters. The van der Waals surface area contributed by atoms with Crippen molar-refractivity contribution < 1.29 is 0 Å². The second-order valence-corrected chi connectivity index (χ2v) is 5.63. The van der Waals surface area contributed by atoms with Gasteiger partial charge in [0.15, 0.2) is 0 Å². The monoisotopic (exact) mass is 314 g/mol. The van der Waals surface area contributed by atoms with E-state index in [-0.39, 0.29) is 11.6 Å². The van der Waals surface area contributed by atoms with Crippen molar-refractivity contribution in [2.75, 3.05) is 5.32 Å². The fourth-order valence-corrected chi connectivity index (χ4v) is 2.43. The lowest BCUT2D eigenvalue weighted by Gasteiger charge is -2.12. The van der Waals surface area contributed by atoms with Crippen molar-refractivity contribution in [1.82, 2.24) is 15.0 Å². The third-order valence-electron chi connectivity index (χ3n) is 2.16. The van der Waals surface area contributed by atoms with Gasteiger partial charge in [-0.05, 0) is 29.8 Å². The van der Waals surface area contributed by atoms with Crippen LogP contribution in [0.25, 0.3) is 0 Å². The molecule has 0 aliphatic carbocycles. The van der Waals surface area contributed by atoms with Crippen LogP contribution < -0.4 is 10.9 Å². The molecule has 0 radical (unpaired) electrons. The predicted molar refractivity (Wildman–Crippen MR) is 71.4 cm³/mol. The Morgan fingerprint density at radius 1 is 1.53 bits per heavy atom. The molecular weight excluding hydrogens is 304 g/mol. The summed E-state index contributed by atoms with van der Waals surface area (Å²) in [6, 6.07) is 0.0132. The Morgan fingerprint density at radius 3 is 2.94 bits per heavy atom. The maximum atomic E-state index is 11.4. The number of H-pyrrole nitrogens is 1. The number of nitrogens with one attached hydrogen (secondary N) is 2. The highest BCUT2D eigenvalue weighted by molar-refractivity contribution is 9.10. The fourth-order valence-electron chi connectivity index (χ4n) is 1.32. The van der Waals surface area contributed by atoms with Gasteiger partial charge in [0.25, 0.3) is 5.56 Å². The molecule has 0 amide bonds. The topological polar surface area (TPSA) is 70.7 Å². The number of thiazole rings is 1. The molecule has 1 unspecified atom stereocenters. The third-order valence-corrected chi connectivity index (χ3v) is 3.99. The molecule has 0 bridgehead atoms. The van der Waals surface area contributed by atoms with Crippen LogP contribution in [-0.4, -0.2) is 15.0 Å². The summed E-state index contributed by atoms with van der Waals surface area (Å²) < 4.78 is 0.403. The smallest absolute Gasteiger partial charge is 0.267 e. The van der Waals surface area contributed by atoms with Crippen LogP contribution in [0.2, 0.25) is 0 Å². The van der Waals surface area contributed by atoms with E-state index in [0.29, 0.717) is 10.3 Å². The minimum absolute atomic E-state index is 0.0132. The van der Waals surface area contributed by atoms with Crippen molar-refractivity contribution in [1.29, 1.82) is 0 Å². The SMILES string of the molecule is Cc1cnc(C(C)Nc2nc[nH]c(=O)c2Br)s1. The zero-order chi connectivity index (χ0) is 12.4. The summed E-state index contributed by atoms with van der Waals surface area (Å²) in [6.07, 6.45) is 3.20. The first kappa shape index (κ1) is 12.3. The predicted octanol–water partition coefficient (Wildman–Crippen LogP) is 2.47. The van der Waals surface area contributed by atoms with Crippen LogP contribution in [0.4, 0.5) is 5.82 Å². The number of aryl methyl sites for hydroxylation is 1. The highest BCUT2D eigenvalue weighted by atomic mass is 79.9. The van der Waals surface area contributed by atoms with Crippen LogP contribution in [0.5, 0.6) is 0 Å². The molecule has 0 aliphatic heterocycles. The van der Waals surface area contributed by atoms with Crippen LogP contribution >= 0.6 is 27.3 Å². The Balaban J connectivity index is 2.21. The lowest BCUT2D eigenvalue weighted by Crippen LogP contribution is -2.14. The highest BCUT2D eigenvalue weighted by Crippen LogP contribution is 2.24. The molecule has 0 aromatic carbocycles. The molecule has 2 aromatic heterocycles. The molecule has 0 saturated carbocycles. The number of anilines is 1. The van der Waals surface area contributed by atoms with E-state index in [9.17, 15) is 4.79 Å². The molecule has 0 fully saturated rings. The summed E-state index contributed by atoms with van der Waals surface area (Å²) in [5.41, 5.74) is -0.204. The van der Waals surface area contributed by atoms with Crippen molar-refractivity contribution in [3.63, 3.8) is 0 Å². The van der Waals surface area contributed by atoms with E-state index >= 15 is 0 Å². The quantitative estimate of drug-likeness (QED) is 0.913. The van der Waals surface area contributed by atoms with Crippen molar-refractivity contribution in [3.05, 3.63) is 37.2 Å². The largest absolute Gasteiger partial charge is 0.360 e. The Hall–Kier alpha value is -1.21. The minimum Gasteiger partial charge on any atom is -0.360 e. The molecule has 17 heavy (non-hydrogen) atoms. The van der Waals surface area contributed by atoms with Gasteiger partial charge in [-0.2, -0.15) is 0 Å². The molecule has 0 saturated heterocycles. The summed E-state index contributed by atoms with van der Waals surface area (Å²) in [5, 5.41) is 4.12. The number of hydrogen-bond donors (Lipinski definition) is 2. The first-order valence-corrected chi connectivity index (χ1v) is 6.61. The number of hydrogen-bond acceptors (Lipinski definition) is 5. The first-order valence-electron chi connectivity index (χ1n) is 5.00. The molecular formula is C10H11BrN4OS. The molecule has 2 N–H and O–H groups in total. The Bertz CT molecular complexity index is 580. The van der Waals surface area contributed by atoms with Gasteiger partial charge in [0, 0.05) is 11.1 Å². The van der Waals surface area contributed by atoms with Crippen molar-refractivity contribution in [2.45, 2.75) is 19.9 Å². The van der Waals surface area contributed by atoms with Gasteiger partial charge >= 0.3 is 0 Å². The van der Waals surface area contributed by atoms with Crippen molar-refractivity contribution >= 4 is 33.1 Å². The number of rotatable bonds is 3. The lowest BCUT2D eigenvalue weighted by atomic mass is 10.3. The van der Waals surface area contributed by atoms with Crippen LogP contribution in [0, 0.1) is 6.92 Å². The van der Waals surface area contributed by atoms with Gasteiger partial charge in [-0.25, -0.2) is 9.97 Å². The maximum absolute atomic E-state index is 11.4. The lowest BCUT2D eigenvalue weighted by molar-refractivity contribution is 0.854. The van der Waals surface area contributed by atoms with E-state index in [1.807, 2.05) is 20.0 Å². The summed E-state index contributed by atoms with van der Waals surface area (Å²) in [7, 11) is 0. The van der Waals surface area contributed by atoms with E-state index in [1.165, 1.54) is 6.33 Å². The highest BCUT2D eigenvalue weighted by Gasteiger charge is 2.12. The van der Waals surface area contributed by atoms with Gasteiger partial charge in [-0.3, -0.25) is 4.79 Å². The summed E-state index contributed by atoms with van der Waals surface area (Å²) >= 11 is 4.82. The van der Waals surface area contributed by atoms with Gasteiger partial charge in [-0.1, -0.05) is 0 Å². The molecule has 2 aromatic rings. The van der Waals surface area contributed by atoms with E-state index < -0.39 is 0 Å². The second kappa shape index (κ2) is 4.97. The molecule has 0 aliphatic rings. The van der Waals surface area contributed by atoms with E-state index in [2.05, 4.69) is 36.2 Å². The van der Waals surface area contributed by atoms with Gasteiger partial charge in [0.1, 0.15) is 15.3 Å². The average Bonchev–Trinajstić information content (AvgIpc) is 2.72. The number of halogens is 1. The first-order chi connectivity index (χ1) is 8.08. The van der Waals surface area contributed by atoms with Crippen LogP contribution in [-0.2, 0) is 0 Å². The molecule has 90 valence electrons. The number of aromatic amines is 1. The molecule has 7 heteroatoms. The summed E-state index contributed by atoms with van der Waals surface area (Å²) in [4.78, 5) is 23.4. The summed E-state index contributed by atoms with van der Waals surface area (Å²) in [6.45, 7) is 3.99. The average molecular weight is 315 g/mol. The third kappa shape index (κ3) is 2.73. The van der Waals surface area contributed by atoms with Gasteiger partial charge in [0.05, 0.1) is 12.4 Å². The second-order valence-electron chi connectivity index (χ2n) is 3.57. The Morgan fingerprint density at radius 2 is 2.29 bits per heavy atom. The molecule has 2 rings (SSSR count). The van der Waals surface area contributed by atoms with Crippen molar-refractivity contribution in [3.8, 4) is 0 Å². The molecule has 0 spiro atoms. The maximum Gasteiger partial charge on any atom is 0.267 e. The molecule has 5 nitrogen and oxygen atoms in total. The van der Waals surface area contributed by atoms with Gasteiger partial charge in [-0.15, -0.1) is 11.3 Å². The normalized spacial score (nSPS) is 12.4. The zero-order valence-electron chi connectivity index (χ0n) is 9.32. The standard InChI is InChI=1S/C10H11BrN4OS/c1-5-3-12-10(17-5)6(2)15-8-7(11)9(16)14-4-13-8/h3-4,6H,1-2H3,(H2,13,14,15,16). The number of nitrogens with zero attached hydrogens (tertiary/aromatic N) is 2. The number of aromatic nitrogens is 3. The Kier molecular flexibility index (Phi) is 3.58. The zero-order valence-corrected chi connectivity index (χ0v) is 11.7. The van der Waals surface area contributed by atoms with E-state index in [0.717, 1.165) is 9.88 Å². The Labute approximate surface area is 110 Å². The van der Waals surface area contributed by atoms with E-state index in [4.69, 9.17) is 0 Å². The van der Waals surface area contributed by atoms with Crippen LogP contribution in [0.1, 0.15) is 22.9 Å². The van der Waals surface area contributed by atoms with Gasteiger partial charge in [0.2, 0.25) is 0 Å². The molecule has 2 heterocycles. The fraction of sp³-hybridized carbons (Fsp3) is 0.300. The van der Waals surface area contributed by atoms with Crippen LogP contribution in [0.15, 0.2) is 21.8 Å². The summed E-state index contributed by atoms with van der Waals surface area (Å²) in [5.74, 6) is 0.522. The minimum atomic E-state index is -0.204. The van der Waals surface area contributed by atoms with Crippen LogP contribution in [0.3, 0.4) is 0 Å². The van der Waals surface area contributed by atoms with E-state index in [1.54, 1.807) is 11.3 Å². The van der Waals surface area contributed by atoms with Gasteiger partial charge < -0.3 is 10.3 Å². The van der Waals surface area contributed by atoms with Crippen molar-refractivity contribution in [2.24, 2.45) is 0 Å².